The van der Waals surface area contributed by atoms with E-state index in [0.29, 0.717) is 24.2 Å². The summed E-state index contributed by atoms with van der Waals surface area (Å²) in [7, 11) is 0. The van der Waals surface area contributed by atoms with Crippen molar-refractivity contribution >= 4 is 5.97 Å². The summed E-state index contributed by atoms with van der Waals surface area (Å²) >= 11 is 0. The van der Waals surface area contributed by atoms with Gasteiger partial charge in [-0.05, 0) is 30.8 Å². The van der Waals surface area contributed by atoms with Gasteiger partial charge in [0.25, 0.3) is 0 Å². The van der Waals surface area contributed by atoms with E-state index in [0.717, 1.165) is 13.1 Å². The van der Waals surface area contributed by atoms with Crippen LogP contribution in [-0.4, -0.2) is 24.2 Å². The van der Waals surface area contributed by atoms with Crippen LogP contribution in [0.1, 0.15) is 6.42 Å². The summed E-state index contributed by atoms with van der Waals surface area (Å²) in [4.78, 5) is 10.3. The van der Waals surface area contributed by atoms with Crippen molar-refractivity contribution in [1.29, 1.82) is 0 Å². The molecule has 1 heterocycles. The summed E-state index contributed by atoms with van der Waals surface area (Å²) in [5.41, 5.74) is 0. The Hall–Kier alpha value is -0.570. The molecule has 2 fully saturated rings. The molecule has 56 valence electrons. The standard InChI is InChI=1S/C7H11NO2/c9-7(10)1-4-5-2-8-3-6(4)5/h4-6,8H,1-3H2,(H,9,10)/t4-,5-,6+. The van der Waals surface area contributed by atoms with Crippen LogP contribution in [-0.2, 0) is 4.79 Å². The summed E-state index contributed by atoms with van der Waals surface area (Å²) in [5, 5.41) is 11.7. The monoisotopic (exact) mass is 141 g/mol. The van der Waals surface area contributed by atoms with E-state index >= 15 is 0 Å². The number of hydrogen-bond donors (Lipinski definition) is 2. The van der Waals surface area contributed by atoms with Crippen molar-refractivity contribution in [2.24, 2.45) is 17.8 Å². The van der Waals surface area contributed by atoms with Crippen LogP contribution in [0.4, 0.5) is 0 Å². The SMILES string of the molecule is O=C(O)C[C@H]1[C@@H]2CNC[C@@H]21. The van der Waals surface area contributed by atoms with Crippen molar-refractivity contribution in [2.45, 2.75) is 6.42 Å². The summed E-state index contributed by atoms with van der Waals surface area (Å²) in [6.07, 6.45) is 0.386. The largest absolute Gasteiger partial charge is 0.481 e. The highest BCUT2D eigenvalue weighted by atomic mass is 16.4. The van der Waals surface area contributed by atoms with E-state index in [1.165, 1.54) is 0 Å². The maximum atomic E-state index is 10.3. The highest BCUT2D eigenvalue weighted by Crippen LogP contribution is 2.50. The average molecular weight is 141 g/mol. The number of aliphatic carboxylic acids is 1. The Kier molecular flexibility index (Phi) is 1.20. The molecule has 1 saturated heterocycles. The number of carbonyl (C=O) groups is 1. The molecule has 3 heteroatoms. The van der Waals surface area contributed by atoms with Gasteiger partial charge in [-0.3, -0.25) is 4.79 Å². The molecule has 3 nitrogen and oxygen atoms in total. The van der Waals surface area contributed by atoms with Gasteiger partial charge < -0.3 is 10.4 Å². The van der Waals surface area contributed by atoms with E-state index in [9.17, 15) is 4.79 Å². The van der Waals surface area contributed by atoms with Gasteiger partial charge in [0.05, 0.1) is 0 Å². The number of hydrogen-bond acceptors (Lipinski definition) is 2. The number of carboxylic acid groups (broad SMARTS) is 1. The molecule has 1 aliphatic carbocycles. The number of piperidine rings is 1. The minimum Gasteiger partial charge on any atom is -0.481 e. The van der Waals surface area contributed by atoms with Crippen molar-refractivity contribution in [1.82, 2.24) is 5.32 Å². The zero-order chi connectivity index (χ0) is 7.14. The summed E-state index contributed by atoms with van der Waals surface area (Å²) in [6, 6.07) is 0. The number of fused-ring (bicyclic) bond motifs is 1. The van der Waals surface area contributed by atoms with E-state index < -0.39 is 5.97 Å². The molecule has 1 saturated carbocycles. The Bertz CT molecular complexity index is 159. The smallest absolute Gasteiger partial charge is 0.303 e. The molecule has 0 aromatic rings. The third kappa shape index (κ3) is 0.814. The fourth-order valence-electron chi connectivity index (χ4n) is 2.05. The molecule has 0 aromatic carbocycles. The van der Waals surface area contributed by atoms with Gasteiger partial charge in [0.1, 0.15) is 0 Å². The molecule has 0 radical (unpaired) electrons. The van der Waals surface area contributed by atoms with Crippen molar-refractivity contribution in [3.8, 4) is 0 Å². The molecule has 0 unspecified atom stereocenters. The van der Waals surface area contributed by atoms with Crippen LogP contribution in [0, 0.1) is 17.8 Å². The Morgan fingerprint density at radius 1 is 1.50 bits per heavy atom. The topological polar surface area (TPSA) is 49.3 Å². The number of carboxylic acids is 1. The molecular formula is C7H11NO2. The second-order valence-corrected chi connectivity index (χ2v) is 3.25. The van der Waals surface area contributed by atoms with E-state index in [-0.39, 0.29) is 0 Å². The van der Waals surface area contributed by atoms with Crippen molar-refractivity contribution in [3.05, 3.63) is 0 Å². The first kappa shape index (κ1) is 6.16. The highest BCUT2D eigenvalue weighted by Gasteiger charge is 2.53. The Morgan fingerprint density at radius 2 is 2.10 bits per heavy atom. The molecule has 2 rings (SSSR count). The van der Waals surface area contributed by atoms with Gasteiger partial charge in [-0.25, -0.2) is 0 Å². The van der Waals surface area contributed by atoms with Crippen LogP contribution in [0.25, 0.3) is 0 Å². The second-order valence-electron chi connectivity index (χ2n) is 3.25. The lowest BCUT2D eigenvalue weighted by Gasteiger charge is -1.98. The fourth-order valence-corrected chi connectivity index (χ4v) is 2.05. The predicted molar refractivity (Wildman–Crippen MR) is 35.6 cm³/mol. The molecule has 0 amide bonds. The van der Waals surface area contributed by atoms with Crippen LogP contribution < -0.4 is 5.32 Å². The highest BCUT2D eigenvalue weighted by molar-refractivity contribution is 5.67. The first-order chi connectivity index (χ1) is 4.79. The number of rotatable bonds is 2. The van der Waals surface area contributed by atoms with Gasteiger partial charge in [0, 0.05) is 6.42 Å². The minimum atomic E-state index is -0.639. The van der Waals surface area contributed by atoms with Crippen LogP contribution in [0.2, 0.25) is 0 Å². The van der Waals surface area contributed by atoms with E-state index in [1.54, 1.807) is 0 Å². The van der Waals surface area contributed by atoms with Crippen molar-refractivity contribution in [2.75, 3.05) is 13.1 Å². The fraction of sp³-hybridized carbons (Fsp3) is 0.857. The van der Waals surface area contributed by atoms with Gasteiger partial charge >= 0.3 is 5.97 Å². The first-order valence-electron chi connectivity index (χ1n) is 3.71. The van der Waals surface area contributed by atoms with Crippen molar-refractivity contribution in [3.63, 3.8) is 0 Å². The summed E-state index contributed by atoms with van der Waals surface area (Å²) in [6.45, 7) is 2.09. The van der Waals surface area contributed by atoms with Gasteiger partial charge in [0.15, 0.2) is 0 Å². The van der Waals surface area contributed by atoms with Gasteiger partial charge in [0.2, 0.25) is 0 Å². The second kappa shape index (κ2) is 1.95. The Labute approximate surface area is 59.4 Å². The third-order valence-corrected chi connectivity index (χ3v) is 2.68. The van der Waals surface area contributed by atoms with E-state index in [1.807, 2.05) is 0 Å². The lowest BCUT2D eigenvalue weighted by Crippen LogP contribution is -2.15. The normalized spacial score (nSPS) is 43.0. The molecule has 0 spiro atoms. The quantitative estimate of drug-likeness (QED) is 0.565. The minimum absolute atomic E-state index is 0.386. The predicted octanol–water partition coefficient (Wildman–Crippen LogP) is -0.0735. The Balaban J connectivity index is 1.84. The van der Waals surface area contributed by atoms with E-state index in [4.69, 9.17) is 5.11 Å². The molecule has 2 N–H and O–H groups in total. The maximum absolute atomic E-state index is 10.3. The van der Waals surface area contributed by atoms with Crippen LogP contribution in [0.5, 0.6) is 0 Å². The van der Waals surface area contributed by atoms with Gasteiger partial charge in [-0.2, -0.15) is 0 Å². The summed E-state index contributed by atoms with van der Waals surface area (Å²) < 4.78 is 0. The molecule has 1 aliphatic heterocycles. The van der Waals surface area contributed by atoms with Gasteiger partial charge in [-0.15, -0.1) is 0 Å². The average Bonchev–Trinajstić information content (AvgIpc) is 2.40. The molecule has 0 aromatic heterocycles. The Morgan fingerprint density at radius 3 is 2.60 bits per heavy atom. The first-order valence-corrected chi connectivity index (χ1v) is 3.71. The molecule has 2 aliphatic rings. The lowest BCUT2D eigenvalue weighted by atomic mass is 10.2. The molecular weight excluding hydrogens is 130 g/mol. The third-order valence-electron chi connectivity index (χ3n) is 2.68. The summed E-state index contributed by atoms with van der Waals surface area (Å²) in [5.74, 6) is 1.24. The van der Waals surface area contributed by atoms with Gasteiger partial charge in [-0.1, -0.05) is 0 Å². The molecule has 0 bridgehead atoms. The van der Waals surface area contributed by atoms with Crippen LogP contribution >= 0.6 is 0 Å². The molecule has 3 atom stereocenters. The van der Waals surface area contributed by atoms with E-state index in [2.05, 4.69) is 5.32 Å². The van der Waals surface area contributed by atoms with Crippen molar-refractivity contribution < 1.29 is 9.90 Å². The van der Waals surface area contributed by atoms with Crippen LogP contribution in [0.3, 0.4) is 0 Å². The van der Waals surface area contributed by atoms with Crippen LogP contribution in [0.15, 0.2) is 0 Å². The number of nitrogens with one attached hydrogen (secondary N) is 1. The molecule has 10 heavy (non-hydrogen) atoms. The zero-order valence-corrected chi connectivity index (χ0v) is 5.71. The maximum Gasteiger partial charge on any atom is 0.303 e. The lowest BCUT2D eigenvalue weighted by molar-refractivity contribution is -0.137. The zero-order valence-electron chi connectivity index (χ0n) is 5.71.